The van der Waals surface area contributed by atoms with E-state index in [9.17, 15) is 4.79 Å². The highest BCUT2D eigenvalue weighted by Gasteiger charge is 2.08. The lowest BCUT2D eigenvalue weighted by molar-refractivity contribution is 0.101. The summed E-state index contributed by atoms with van der Waals surface area (Å²) in [6, 6.07) is 10.8. The summed E-state index contributed by atoms with van der Waals surface area (Å²) in [7, 11) is 1.61. The van der Waals surface area contributed by atoms with Gasteiger partial charge in [0.2, 0.25) is 0 Å². The largest absolute Gasteiger partial charge is 0.496 e. The van der Waals surface area contributed by atoms with E-state index in [-0.39, 0.29) is 5.78 Å². The molecule has 0 aliphatic rings. The molecule has 0 N–H and O–H groups in total. The topological polar surface area (TPSA) is 35.5 Å². The highest BCUT2D eigenvalue weighted by molar-refractivity contribution is 6.30. The summed E-state index contributed by atoms with van der Waals surface area (Å²) >= 11 is 5.99. The molecule has 2 aromatic carbocycles. The number of methoxy groups -OCH3 is 1. The van der Waals surface area contributed by atoms with Gasteiger partial charge in [-0.2, -0.15) is 0 Å². The normalized spacial score (nSPS) is 10.3. The molecule has 0 spiro atoms. The number of hydrogen-bond donors (Lipinski definition) is 0. The zero-order valence-corrected chi connectivity index (χ0v) is 13.0. The molecule has 0 heterocycles. The number of carbonyl (C=O) groups is 1. The van der Waals surface area contributed by atoms with E-state index in [0.717, 1.165) is 22.6 Å². The van der Waals surface area contributed by atoms with Crippen molar-refractivity contribution in [1.29, 1.82) is 0 Å². The van der Waals surface area contributed by atoms with Crippen LogP contribution in [0.15, 0.2) is 36.4 Å². The summed E-state index contributed by atoms with van der Waals surface area (Å²) in [4.78, 5) is 11.3. The molecule has 0 atom stereocenters. The number of rotatable bonds is 5. The fourth-order valence-corrected chi connectivity index (χ4v) is 2.24. The minimum Gasteiger partial charge on any atom is -0.496 e. The third-order valence-corrected chi connectivity index (χ3v) is 3.44. The molecule has 2 rings (SSSR count). The Morgan fingerprint density at radius 3 is 2.48 bits per heavy atom. The van der Waals surface area contributed by atoms with Crippen LogP contribution in [0.2, 0.25) is 5.02 Å². The van der Waals surface area contributed by atoms with Gasteiger partial charge in [0, 0.05) is 16.1 Å². The first-order valence-electron chi connectivity index (χ1n) is 6.58. The van der Waals surface area contributed by atoms with Gasteiger partial charge in [0.15, 0.2) is 5.78 Å². The van der Waals surface area contributed by atoms with Gasteiger partial charge in [-0.05, 0) is 55.8 Å². The standard InChI is InChI=1S/C17H17ClO3/c1-11-8-13(12(2)19)4-6-16(11)21-10-14-9-15(18)5-7-17(14)20-3/h4-9H,10H2,1-3H3. The van der Waals surface area contributed by atoms with Crippen molar-refractivity contribution in [3.05, 3.63) is 58.1 Å². The summed E-state index contributed by atoms with van der Waals surface area (Å²) in [5.74, 6) is 1.51. The second kappa shape index (κ2) is 6.64. The molecule has 0 aromatic heterocycles. The van der Waals surface area contributed by atoms with Crippen molar-refractivity contribution in [2.24, 2.45) is 0 Å². The molecule has 0 aliphatic carbocycles. The lowest BCUT2D eigenvalue weighted by atomic mass is 10.1. The highest BCUT2D eigenvalue weighted by atomic mass is 35.5. The fraction of sp³-hybridized carbons (Fsp3) is 0.235. The molecule has 21 heavy (non-hydrogen) atoms. The first-order valence-corrected chi connectivity index (χ1v) is 6.96. The van der Waals surface area contributed by atoms with E-state index >= 15 is 0 Å². The lowest BCUT2D eigenvalue weighted by Gasteiger charge is -2.12. The zero-order chi connectivity index (χ0) is 15.4. The molecule has 3 nitrogen and oxygen atoms in total. The van der Waals surface area contributed by atoms with Gasteiger partial charge in [-0.25, -0.2) is 0 Å². The van der Waals surface area contributed by atoms with Gasteiger partial charge >= 0.3 is 0 Å². The molecule has 110 valence electrons. The summed E-state index contributed by atoms with van der Waals surface area (Å²) in [5.41, 5.74) is 2.48. The van der Waals surface area contributed by atoms with Crippen molar-refractivity contribution in [1.82, 2.24) is 0 Å². The molecule has 4 heteroatoms. The Morgan fingerprint density at radius 1 is 1.14 bits per heavy atom. The summed E-state index contributed by atoms with van der Waals surface area (Å²) in [6.07, 6.45) is 0. The average molecular weight is 305 g/mol. The van der Waals surface area contributed by atoms with Gasteiger partial charge in [-0.1, -0.05) is 11.6 Å². The zero-order valence-electron chi connectivity index (χ0n) is 12.3. The van der Waals surface area contributed by atoms with Crippen LogP contribution in [-0.4, -0.2) is 12.9 Å². The van der Waals surface area contributed by atoms with Crippen LogP contribution in [0.5, 0.6) is 11.5 Å². The van der Waals surface area contributed by atoms with Crippen molar-refractivity contribution in [2.45, 2.75) is 20.5 Å². The van der Waals surface area contributed by atoms with Gasteiger partial charge in [-0.3, -0.25) is 4.79 Å². The SMILES string of the molecule is COc1ccc(Cl)cc1COc1ccc(C(C)=O)cc1C. The molecule has 0 fully saturated rings. The monoisotopic (exact) mass is 304 g/mol. The number of hydrogen-bond acceptors (Lipinski definition) is 3. The molecule has 0 radical (unpaired) electrons. The number of benzene rings is 2. The van der Waals surface area contributed by atoms with Gasteiger partial charge < -0.3 is 9.47 Å². The number of carbonyl (C=O) groups excluding carboxylic acids is 1. The molecule has 0 unspecified atom stereocenters. The van der Waals surface area contributed by atoms with E-state index in [4.69, 9.17) is 21.1 Å². The molecule has 0 bridgehead atoms. The lowest BCUT2D eigenvalue weighted by Crippen LogP contribution is -2.01. The molecule has 0 aliphatic heterocycles. The minimum absolute atomic E-state index is 0.0427. The van der Waals surface area contributed by atoms with Crippen molar-refractivity contribution in [3.63, 3.8) is 0 Å². The smallest absolute Gasteiger partial charge is 0.159 e. The van der Waals surface area contributed by atoms with Crippen molar-refractivity contribution in [3.8, 4) is 11.5 Å². The molecule has 0 saturated heterocycles. The van der Waals surface area contributed by atoms with Crippen LogP contribution in [0, 0.1) is 6.92 Å². The third kappa shape index (κ3) is 3.76. The van der Waals surface area contributed by atoms with Crippen LogP contribution in [0.3, 0.4) is 0 Å². The first-order chi connectivity index (χ1) is 10.0. The van der Waals surface area contributed by atoms with E-state index in [1.165, 1.54) is 0 Å². The summed E-state index contributed by atoms with van der Waals surface area (Å²) < 4.78 is 11.1. The van der Waals surface area contributed by atoms with Crippen LogP contribution in [0.25, 0.3) is 0 Å². The van der Waals surface area contributed by atoms with E-state index in [0.29, 0.717) is 17.2 Å². The van der Waals surface area contributed by atoms with Gasteiger partial charge in [0.1, 0.15) is 18.1 Å². The van der Waals surface area contributed by atoms with Gasteiger partial charge in [-0.15, -0.1) is 0 Å². The summed E-state index contributed by atoms with van der Waals surface area (Å²) in [6.45, 7) is 3.81. The van der Waals surface area contributed by atoms with E-state index in [1.54, 1.807) is 26.2 Å². The van der Waals surface area contributed by atoms with Gasteiger partial charge in [0.25, 0.3) is 0 Å². The second-order valence-electron chi connectivity index (χ2n) is 4.78. The maximum atomic E-state index is 11.3. The third-order valence-electron chi connectivity index (χ3n) is 3.21. The van der Waals surface area contributed by atoms with Crippen molar-refractivity contribution < 1.29 is 14.3 Å². The Hall–Kier alpha value is -2.00. The Morgan fingerprint density at radius 2 is 1.86 bits per heavy atom. The maximum absolute atomic E-state index is 11.3. The average Bonchev–Trinajstić information content (AvgIpc) is 2.46. The Balaban J connectivity index is 2.17. The Kier molecular flexibility index (Phi) is 4.86. The van der Waals surface area contributed by atoms with Crippen LogP contribution in [0.4, 0.5) is 0 Å². The van der Waals surface area contributed by atoms with E-state index in [1.807, 2.05) is 31.2 Å². The Labute approximate surface area is 129 Å². The van der Waals surface area contributed by atoms with Crippen LogP contribution >= 0.6 is 11.6 Å². The van der Waals surface area contributed by atoms with Crippen molar-refractivity contribution >= 4 is 17.4 Å². The molecule has 0 saturated carbocycles. The maximum Gasteiger partial charge on any atom is 0.159 e. The Bertz CT molecular complexity index is 665. The predicted octanol–water partition coefficient (Wildman–Crippen LogP) is 4.44. The minimum atomic E-state index is 0.0427. The summed E-state index contributed by atoms with van der Waals surface area (Å²) in [5, 5.41) is 0.637. The second-order valence-corrected chi connectivity index (χ2v) is 5.22. The quantitative estimate of drug-likeness (QED) is 0.766. The molecule has 0 amide bonds. The number of ether oxygens (including phenoxy) is 2. The van der Waals surface area contributed by atoms with Crippen LogP contribution in [-0.2, 0) is 6.61 Å². The number of aryl methyl sites for hydroxylation is 1. The van der Waals surface area contributed by atoms with Crippen LogP contribution in [0.1, 0.15) is 28.4 Å². The molecular weight excluding hydrogens is 288 g/mol. The molecule has 2 aromatic rings. The van der Waals surface area contributed by atoms with Crippen molar-refractivity contribution in [2.75, 3.05) is 7.11 Å². The van der Waals surface area contributed by atoms with E-state index in [2.05, 4.69) is 0 Å². The van der Waals surface area contributed by atoms with E-state index < -0.39 is 0 Å². The molecular formula is C17H17ClO3. The number of ketones is 1. The van der Waals surface area contributed by atoms with Crippen LogP contribution < -0.4 is 9.47 Å². The fourth-order valence-electron chi connectivity index (χ4n) is 2.05. The first kappa shape index (κ1) is 15.4. The highest BCUT2D eigenvalue weighted by Crippen LogP contribution is 2.26. The van der Waals surface area contributed by atoms with Gasteiger partial charge in [0.05, 0.1) is 7.11 Å². The number of halogens is 1. The predicted molar refractivity (Wildman–Crippen MR) is 83.5 cm³/mol. The number of Topliss-reactive ketones (excluding diaryl/α,β-unsaturated/α-hetero) is 1.